The first-order chi connectivity index (χ1) is 13.5. The maximum atomic E-state index is 12.7. The summed E-state index contributed by atoms with van der Waals surface area (Å²) in [6.07, 6.45) is 4.68. The minimum Gasteiger partial charge on any atom is -0.497 e. The molecule has 7 heteroatoms. The summed E-state index contributed by atoms with van der Waals surface area (Å²) < 4.78 is 7.12. The third kappa shape index (κ3) is 3.38. The molecule has 3 aromatic rings. The molecule has 1 aliphatic rings. The van der Waals surface area contributed by atoms with Crippen molar-refractivity contribution in [3.05, 3.63) is 46.5 Å². The van der Waals surface area contributed by atoms with Crippen LogP contribution in [0.2, 0.25) is 0 Å². The summed E-state index contributed by atoms with van der Waals surface area (Å²) >= 11 is 1.48. The summed E-state index contributed by atoms with van der Waals surface area (Å²) in [5, 5.41) is 4.51. The van der Waals surface area contributed by atoms with Crippen LogP contribution < -0.4 is 15.8 Å². The maximum absolute atomic E-state index is 12.7. The van der Waals surface area contributed by atoms with Crippen LogP contribution in [-0.2, 0) is 24.2 Å². The first kappa shape index (κ1) is 18.6. The first-order valence-corrected chi connectivity index (χ1v) is 10.1. The number of thiophene rings is 1. The third-order valence-electron chi connectivity index (χ3n) is 5.30. The Balaban J connectivity index is 1.57. The topological polar surface area (TPSA) is 86.3 Å². The Kier molecular flexibility index (Phi) is 4.85. The Morgan fingerprint density at radius 2 is 2.18 bits per heavy atom. The van der Waals surface area contributed by atoms with Gasteiger partial charge in [-0.3, -0.25) is 9.59 Å². The predicted octanol–water partition coefficient (Wildman–Crippen LogP) is 3.57. The molecule has 0 saturated heterocycles. The Morgan fingerprint density at radius 1 is 1.36 bits per heavy atom. The summed E-state index contributed by atoms with van der Waals surface area (Å²) in [6.45, 7) is 2.37. The Labute approximate surface area is 167 Å². The second-order valence-electron chi connectivity index (χ2n) is 7.34. The van der Waals surface area contributed by atoms with Gasteiger partial charge in [0, 0.05) is 22.0 Å². The lowest BCUT2D eigenvalue weighted by atomic mass is 9.88. The lowest BCUT2D eigenvalue weighted by Gasteiger charge is -2.18. The van der Waals surface area contributed by atoms with Crippen LogP contribution in [0.3, 0.4) is 0 Å². The number of ether oxygens (including phenoxy) is 1. The molecule has 6 nitrogen and oxygen atoms in total. The fraction of sp³-hybridized carbons (Fsp3) is 0.333. The van der Waals surface area contributed by atoms with Gasteiger partial charge >= 0.3 is 0 Å². The number of carbonyl (C=O) groups is 2. The van der Waals surface area contributed by atoms with Crippen molar-refractivity contribution in [2.75, 3.05) is 12.4 Å². The highest BCUT2D eigenvalue weighted by Gasteiger charge is 2.27. The van der Waals surface area contributed by atoms with Crippen LogP contribution in [0, 0.1) is 5.92 Å². The van der Waals surface area contributed by atoms with Crippen LogP contribution in [0.4, 0.5) is 5.00 Å². The zero-order chi connectivity index (χ0) is 19.8. The number of aromatic nitrogens is 1. The molecule has 1 atom stereocenters. The Bertz CT molecular complexity index is 1070. The molecule has 2 aromatic heterocycles. The molecule has 2 heterocycles. The number of hydrogen-bond acceptors (Lipinski definition) is 4. The van der Waals surface area contributed by atoms with Crippen molar-refractivity contribution in [3.8, 4) is 5.75 Å². The molecule has 1 unspecified atom stereocenters. The van der Waals surface area contributed by atoms with E-state index in [0.29, 0.717) is 16.5 Å². The summed E-state index contributed by atoms with van der Waals surface area (Å²) in [5.41, 5.74) is 8.09. The van der Waals surface area contributed by atoms with E-state index in [2.05, 4.69) is 12.2 Å². The fourth-order valence-electron chi connectivity index (χ4n) is 3.86. The molecule has 0 spiro atoms. The van der Waals surface area contributed by atoms with Crippen LogP contribution in [0.15, 0.2) is 30.5 Å². The number of rotatable bonds is 5. The molecule has 0 bridgehead atoms. The minimum absolute atomic E-state index is 0.160. The highest BCUT2D eigenvalue weighted by atomic mass is 32.1. The Hall–Kier alpha value is -2.80. The average Bonchev–Trinajstić information content (AvgIpc) is 3.21. The molecule has 0 aliphatic heterocycles. The molecule has 1 aliphatic carbocycles. The van der Waals surface area contributed by atoms with Gasteiger partial charge in [0.1, 0.15) is 17.3 Å². The average molecular weight is 398 g/mol. The summed E-state index contributed by atoms with van der Waals surface area (Å²) in [4.78, 5) is 25.9. The van der Waals surface area contributed by atoms with E-state index in [9.17, 15) is 9.59 Å². The number of carbonyl (C=O) groups excluding carboxylic acids is 2. The minimum atomic E-state index is -0.471. The summed E-state index contributed by atoms with van der Waals surface area (Å²) in [6, 6.07) is 7.69. The fourth-order valence-corrected chi connectivity index (χ4v) is 5.30. The van der Waals surface area contributed by atoms with Crippen molar-refractivity contribution in [1.29, 1.82) is 0 Å². The zero-order valence-corrected chi connectivity index (χ0v) is 16.8. The van der Waals surface area contributed by atoms with Gasteiger partial charge in [-0.25, -0.2) is 0 Å². The van der Waals surface area contributed by atoms with Crippen LogP contribution in [-0.4, -0.2) is 23.5 Å². The smallest absolute Gasteiger partial charge is 0.251 e. The van der Waals surface area contributed by atoms with Crippen LogP contribution in [0.25, 0.3) is 10.9 Å². The number of fused-ring (bicyclic) bond motifs is 2. The number of benzene rings is 1. The van der Waals surface area contributed by atoms with E-state index in [0.717, 1.165) is 41.5 Å². The lowest BCUT2D eigenvalue weighted by Crippen LogP contribution is -2.21. The van der Waals surface area contributed by atoms with Crippen LogP contribution in [0.1, 0.15) is 34.1 Å². The molecular formula is C21H23N3O3S. The lowest BCUT2D eigenvalue weighted by molar-refractivity contribution is -0.116. The maximum Gasteiger partial charge on any atom is 0.251 e. The highest BCUT2D eigenvalue weighted by Crippen LogP contribution is 2.39. The van der Waals surface area contributed by atoms with Gasteiger partial charge in [-0.05, 0) is 55.0 Å². The van der Waals surface area contributed by atoms with E-state index in [1.54, 1.807) is 7.11 Å². The standard InChI is InChI=1S/C21H23N3O3S/c1-12-3-5-15-17(9-12)28-21(19(15)20(22)26)23-18(25)11-24-8-7-13-10-14(27-2)4-6-16(13)24/h4,6-8,10,12H,3,5,9,11H2,1-2H3,(H2,22,26)(H,23,25). The molecule has 0 radical (unpaired) electrons. The van der Waals surface area contributed by atoms with E-state index in [-0.39, 0.29) is 12.5 Å². The van der Waals surface area contributed by atoms with Crippen molar-refractivity contribution >= 4 is 39.1 Å². The quantitative estimate of drug-likeness (QED) is 0.690. The third-order valence-corrected chi connectivity index (χ3v) is 6.47. The molecule has 146 valence electrons. The number of primary amides is 1. The Morgan fingerprint density at radius 3 is 2.93 bits per heavy atom. The first-order valence-electron chi connectivity index (χ1n) is 9.33. The number of nitrogens with two attached hydrogens (primary N) is 1. The largest absolute Gasteiger partial charge is 0.497 e. The van der Waals surface area contributed by atoms with E-state index in [1.165, 1.54) is 16.2 Å². The molecular weight excluding hydrogens is 374 g/mol. The molecule has 2 amide bonds. The van der Waals surface area contributed by atoms with Gasteiger partial charge < -0.3 is 20.4 Å². The summed E-state index contributed by atoms with van der Waals surface area (Å²) in [7, 11) is 1.63. The number of nitrogens with one attached hydrogen (secondary N) is 1. The zero-order valence-electron chi connectivity index (χ0n) is 16.0. The van der Waals surface area contributed by atoms with Gasteiger partial charge in [-0.1, -0.05) is 6.92 Å². The number of methoxy groups -OCH3 is 1. The van der Waals surface area contributed by atoms with Crippen molar-refractivity contribution in [2.45, 2.75) is 32.7 Å². The number of amides is 2. The van der Waals surface area contributed by atoms with Gasteiger partial charge in [0.15, 0.2) is 0 Å². The number of anilines is 1. The normalized spacial score (nSPS) is 16.0. The molecule has 1 aromatic carbocycles. The van der Waals surface area contributed by atoms with Gasteiger partial charge in [0.25, 0.3) is 5.91 Å². The van der Waals surface area contributed by atoms with Gasteiger partial charge in [-0.15, -0.1) is 11.3 Å². The van der Waals surface area contributed by atoms with Gasteiger partial charge in [-0.2, -0.15) is 0 Å². The second kappa shape index (κ2) is 7.31. The molecule has 3 N–H and O–H groups in total. The molecule has 0 saturated carbocycles. The van der Waals surface area contributed by atoms with E-state index in [4.69, 9.17) is 10.5 Å². The van der Waals surface area contributed by atoms with Gasteiger partial charge in [0.05, 0.1) is 12.7 Å². The van der Waals surface area contributed by atoms with Gasteiger partial charge in [0.2, 0.25) is 5.91 Å². The molecule has 4 rings (SSSR count). The van der Waals surface area contributed by atoms with Crippen molar-refractivity contribution in [2.24, 2.45) is 11.7 Å². The van der Waals surface area contributed by atoms with Crippen molar-refractivity contribution < 1.29 is 14.3 Å². The van der Waals surface area contributed by atoms with Crippen molar-refractivity contribution in [1.82, 2.24) is 4.57 Å². The van der Waals surface area contributed by atoms with Crippen LogP contribution >= 0.6 is 11.3 Å². The van der Waals surface area contributed by atoms with E-state index in [1.807, 2.05) is 35.0 Å². The monoisotopic (exact) mass is 397 g/mol. The summed E-state index contributed by atoms with van der Waals surface area (Å²) in [5.74, 6) is 0.709. The number of hydrogen-bond donors (Lipinski definition) is 2. The van der Waals surface area contributed by atoms with E-state index >= 15 is 0 Å². The SMILES string of the molecule is COc1ccc2c(ccn2CC(=O)Nc2sc3c(c2C(N)=O)CCC(C)C3)c1. The number of nitrogens with zero attached hydrogens (tertiary/aromatic N) is 1. The van der Waals surface area contributed by atoms with E-state index < -0.39 is 5.91 Å². The van der Waals surface area contributed by atoms with Crippen molar-refractivity contribution in [3.63, 3.8) is 0 Å². The second-order valence-corrected chi connectivity index (χ2v) is 8.44. The predicted molar refractivity (Wildman–Crippen MR) is 111 cm³/mol. The molecule has 28 heavy (non-hydrogen) atoms. The van der Waals surface area contributed by atoms with Crippen LogP contribution in [0.5, 0.6) is 5.75 Å². The molecule has 0 fully saturated rings. The highest BCUT2D eigenvalue weighted by molar-refractivity contribution is 7.17.